The zero-order valence-corrected chi connectivity index (χ0v) is 12.8. The fourth-order valence-corrected chi connectivity index (χ4v) is 3.46. The lowest BCUT2D eigenvalue weighted by atomic mass is 10.0. The molecule has 2 fully saturated rings. The van der Waals surface area contributed by atoms with E-state index < -0.39 is 6.04 Å². The lowest BCUT2D eigenvalue weighted by molar-refractivity contribution is -0.143. The van der Waals surface area contributed by atoms with Crippen LogP contribution < -0.4 is 4.90 Å². The van der Waals surface area contributed by atoms with Gasteiger partial charge >= 0.3 is 0 Å². The van der Waals surface area contributed by atoms with Crippen LogP contribution in [0.4, 0.5) is 10.1 Å². The Morgan fingerprint density at radius 1 is 1.14 bits per heavy atom. The Bertz CT molecular complexity index is 567. The molecule has 118 valence electrons. The van der Waals surface area contributed by atoms with Crippen LogP contribution in [0.1, 0.15) is 32.6 Å². The molecule has 1 aliphatic carbocycles. The number of hydrogen-bond donors (Lipinski definition) is 0. The minimum atomic E-state index is -0.452. The molecule has 0 bridgehead atoms. The van der Waals surface area contributed by atoms with Crippen molar-refractivity contribution in [1.82, 2.24) is 4.90 Å². The van der Waals surface area contributed by atoms with Crippen LogP contribution in [0, 0.1) is 11.7 Å². The first-order chi connectivity index (χ1) is 10.6. The van der Waals surface area contributed by atoms with Crippen LogP contribution in [-0.2, 0) is 9.59 Å². The van der Waals surface area contributed by atoms with Crippen molar-refractivity contribution in [1.29, 1.82) is 0 Å². The van der Waals surface area contributed by atoms with Crippen LogP contribution in [0.2, 0.25) is 0 Å². The summed E-state index contributed by atoms with van der Waals surface area (Å²) in [6.45, 7) is 2.79. The average molecular weight is 304 g/mol. The van der Waals surface area contributed by atoms with Crippen molar-refractivity contribution in [3.8, 4) is 0 Å². The molecule has 2 aliphatic rings. The lowest BCUT2D eigenvalue weighted by Crippen LogP contribution is -2.58. The Hall–Kier alpha value is -1.91. The second-order valence-electron chi connectivity index (χ2n) is 6.16. The molecule has 22 heavy (non-hydrogen) atoms. The molecule has 1 saturated heterocycles. The molecule has 5 heteroatoms. The van der Waals surface area contributed by atoms with Crippen LogP contribution in [0.15, 0.2) is 24.3 Å². The Morgan fingerprint density at radius 3 is 2.41 bits per heavy atom. The molecule has 0 spiro atoms. The molecule has 0 radical (unpaired) electrons. The van der Waals surface area contributed by atoms with E-state index in [9.17, 15) is 14.0 Å². The largest absolute Gasteiger partial charge is 0.329 e. The second kappa shape index (κ2) is 6.07. The molecular formula is C17H21FN2O2. The highest BCUT2D eigenvalue weighted by molar-refractivity contribution is 6.00. The number of piperazine rings is 1. The summed E-state index contributed by atoms with van der Waals surface area (Å²) in [5.74, 6) is -0.201. The van der Waals surface area contributed by atoms with E-state index in [1.54, 1.807) is 28.9 Å². The molecule has 1 heterocycles. The van der Waals surface area contributed by atoms with Gasteiger partial charge in [0.2, 0.25) is 11.8 Å². The topological polar surface area (TPSA) is 40.6 Å². The molecule has 1 saturated carbocycles. The van der Waals surface area contributed by atoms with E-state index in [1.165, 1.54) is 12.1 Å². The second-order valence-corrected chi connectivity index (χ2v) is 6.16. The van der Waals surface area contributed by atoms with Crippen LogP contribution in [-0.4, -0.2) is 35.8 Å². The summed E-state index contributed by atoms with van der Waals surface area (Å²) < 4.78 is 13.0. The number of halogens is 1. The summed E-state index contributed by atoms with van der Waals surface area (Å²) in [4.78, 5) is 28.5. The maximum atomic E-state index is 13.0. The van der Waals surface area contributed by atoms with Crippen molar-refractivity contribution < 1.29 is 14.0 Å². The number of anilines is 1. The van der Waals surface area contributed by atoms with E-state index >= 15 is 0 Å². The van der Waals surface area contributed by atoms with E-state index in [1.807, 2.05) is 0 Å². The first-order valence-corrected chi connectivity index (χ1v) is 7.95. The minimum Gasteiger partial charge on any atom is -0.329 e. The standard InChI is InChI=1S/C17H21FN2O2/c1-12-16(21)20(15-8-6-14(18)7-9-15)11-10-19(12)17(22)13-4-2-3-5-13/h6-9,12-13H,2-5,10-11H2,1H3. The molecule has 1 aromatic carbocycles. The highest BCUT2D eigenvalue weighted by Crippen LogP contribution is 2.29. The highest BCUT2D eigenvalue weighted by atomic mass is 19.1. The Morgan fingerprint density at radius 2 is 1.77 bits per heavy atom. The summed E-state index contributed by atoms with van der Waals surface area (Å²) in [5.41, 5.74) is 0.686. The molecular weight excluding hydrogens is 283 g/mol. The number of nitrogens with zero attached hydrogens (tertiary/aromatic N) is 2. The fourth-order valence-electron chi connectivity index (χ4n) is 3.46. The van der Waals surface area contributed by atoms with Crippen molar-refractivity contribution in [2.75, 3.05) is 18.0 Å². The predicted octanol–water partition coefficient (Wildman–Crippen LogP) is 2.58. The summed E-state index contributed by atoms with van der Waals surface area (Å²) in [6.07, 6.45) is 4.10. The van der Waals surface area contributed by atoms with Gasteiger partial charge in [0.1, 0.15) is 11.9 Å². The Kier molecular flexibility index (Phi) is 4.14. The molecule has 2 amide bonds. The first kappa shape index (κ1) is 15.0. The number of hydrogen-bond acceptors (Lipinski definition) is 2. The van der Waals surface area contributed by atoms with E-state index in [0.29, 0.717) is 18.8 Å². The summed E-state index contributed by atoms with van der Waals surface area (Å²) in [5, 5.41) is 0. The zero-order valence-electron chi connectivity index (χ0n) is 12.8. The van der Waals surface area contributed by atoms with Gasteiger partial charge in [0, 0.05) is 24.7 Å². The van der Waals surface area contributed by atoms with Gasteiger partial charge in [-0.15, -0.1) is 0 Å². The van der Waals surface area contributed by atoms with Gasteiger partial charge in [0.05, 0.1) is 0 Å². The number of amides is 2. The fraction of sp³-hybridized carbons (Fsp3) is 0.529. The van der Waals surface area contributed by atoms with Gasteiger partial charge in [-0.25, -0.2) is 4.39 Å². The monoisotopic (exact) mass is 304 g/mol. The van der Waals surface area contributed by atoms with Gasteiger partial charge in [-0.1, -0.05) is 12.8 Å². The van der Waals surface area contributed by atoms with Crippen LogP contribution in [0.5, 0.6) is 0 Å². The Balaban J connectivity index is 1.72. The first-order valence-electron chi connectivity index (χ1n) is 7.95. The summed E-state index contributed by atoms with van der Waals surface area (Å²) in [6, 6.07) is 5.46. The van der Waals surface area contributed by atoms with Crippen molar-refractivity contribution in [2.24, 2.45) is 5.92 Å². The summed E-state index contributed by atoms with van der Waals surface area (Å²) in [7, 11) is 0. The lowest BCUT2D eigenvalue weighted by Gasteiger charge is -2.40. The smallest absolute Gasteiger partial charge is 0.249 e. The highest BCUT2D eigenvalue weighted by Gasteiger charge is 2.38. The number of rotatable bonds is 2. The Labute approximate surface area is 129 Å². The summed E-state index contributed by atoms with van der Waals surface area (Å²) >= 11 is 0. The van der Waals surface area contributed by atoms with Crippen molar-refractivity contribution in [3.63, 3.8) is 0 Å². The van der Waals surface area contributed by atoms with Crippen LogP contribution >= 0.6 is 0 Å². The average Bonchev–Trinajstić information content (AvgIpc) is 3.05. The van der Waals surface area contributed by atoms with Crippen molar-refractivity contribution in [3.05, 3.63) is 30.1 Å². The quantitative estimate of drug-likeness (QED) is 0.842. The zero-order chi connectivity index (χ0) is 15.7. The van der Waals surface area contributed by atoms with Gasteiger partial charge in [0.15, 0.2) is 0 Å². The number of carbonyl (C=O) groups excluding carboxylic acids is 2. The van der Waals surface area contributed by atoms with Gasteiger partial charge in [-0.2, -0.15) is 0 Å². The third-order valence-corrected chi connectivity index (χ3v) is 4.78. The van der Waals surface area contributed by atoms with Gasteiger partial charge in [-0.05, 0) is 44.0 Å². The molecule has 1 atom stereocenters. The van der Waals surface area contributed by atoms with Gasteiger partial charge < -0.3 is 9.80 Å². The normalized spacial score (nSPS) is 23.2. The molecule has 3 rings (SSSR count). The maximum absolute atomic E-state index is 13.0. The SMILES string of the molecule is CC1C(=O)N(c2ccc(F)cc2)CCN1C(=O)C1CCCC1. The van der Waals surface area contributed by atoms with E-state index in [4.69, 9.17) is 0 Å². The van der Waals surface area contributed by atoms with E-state index in [-0.39, 0.29) is 23.5 Å². The van der Waals surface area contributed by atoms with Gasteiger partial charge in [-0.3, -0.25) is 9.59 Å². The molecule has 1 aromatic rings. The minimum absolute atomic E-state index is 0.0904. The van der Waals surface area contributed by atoms with Crippen molar-refractivity contribution >= 4 is 17.5 Å². The third-order valence-electron chi connectivity index (χ3n) is 4.78. The van der Waals surface area contributed by atoms with Crippen LogP contribution in [0.3, 0.4) is 0 Å². The van der Waals surface area contributed by atoms with Crippen LogP contribution in [0.25, 0.3) is 0 Å². The maximum Gasteiger partial charge on any atom is 0.249 e. The van der Waals surface area contributed by atoms with E-state index in [2.05, 4.69) is 0 Å². The number of benzene rings is 1. The predicted molar refractivity (Wildman–Crippen MR) is 81.9 cm³/mol. The van der Waals surface area contributed by atoms with Gasteiger partial charge in [0.25, 0.3) is 0 Å². The molecule has 4 nitrogen and oxygen atoms in total. The van der Waals surface area contributed by atoms with E-state index in [0.717, 1.165) is 25.7 Å². The third kappa shape index (κ3) is 2.72. The molecule has 1 aliphatic heterocycles. The number of carbonyl (C=O) groups is 2. The molecule has 0 aromatic heterocycles. The van der Waals surface area contributed by atoms with Crippen molar-refractivity contribution in [2.45, 2.75) is 38.6 Å². The molecule has 0 N–H and O–H groups in total. The molecule has 1 unspecified atom stereocenters.